The minimum Gasteiger partial charge on any atom is -0.506 e. The van der Waals surface area contributed by atoms with Gasteiger partial charge in [-0.25, -0.2) is 17.2 Å². The van der Waals surface area contributed by atoms with Crippen LogP contribution in [0.5, 0.6) is 11.5 Å². The zero-order chi connectivity index (χ0) is 15.6. The molecule has 0 aliphatic carbocycles. The molecule has 112 valence electrons. The zero-order valence-corrected chi connectivity index (χ0v) is 11.6. The van der Waals surface area contributed by atoms with Gasteiger partial charge in [-0.15, -0.1) is 0 Å². The molecule has 5 nitrogen and oxygen atoms in total. The Hall–Kier alpha value is -2.35. The van der Waals surface area contributed by atoms with Crippen molar-refractivity contribution in [3.63, 3.8) is 0 Å². The van der Waals surface area contributed by atoms with Crippen LogP contribution >= 0.6 is 0 Å². The fraction of sp³-hybridized carbons (Fsp3) is 0.0769. The van der Waals surface area contributed by atoms with Crippen LogP contribution in [0, 0.1) is 11.6 Å². The monoisotopic (exact) mass is 315 g/mol. The molecule has 0 aliphatic heterocycles. The van der Waals surface area contributed by atoms with Crippen LogP contribution in [-0.4, -0.2) is 20.6 Å². The van der Waals surface area contributed by atoms with Crippen LogP contribution in [0.3, 0.4) is 0 Å². The molecule has 0 saturated carbocycles. The second kappa shape index (κ2) is 5.57. The highest BCUT2D eigenvalue weighted by atomic mass is 32.2. The lowest BCUT2D eigenvalue weighted by atomic mass is 10.3. The molecule has 0 aliphatic rings. The maximum Gasteiger partial charge on any atom is 0.264 e. The van der Waals surface area contributed by atoms with Crippen molar-refractivity contribution >= 4 is 15.7 Å². The predicted molar refractivity (Wildman–Crippen MR) is 71.8 cm³/mol. The van der Waals surface area contributed by atoms with E-state index < -0.39 is 26.6 Å². The number of sulfonamides is 1. The second-order valence-electron chi connectivity index (χ2n) is 4.06. The molecule has 2 N–H and O–H groups in total. The van der Waals surface area contributed by atoms with Crippen LogP contribution in [0.15, 0.2) is 41.3 Å². The molecule has 0 atom stereocenters. The van der Waals surface area contributed by atoms with Crippen molar-refractivity contribution < 1.29 is 27.0 Å². The van der Waals surface area contributed by atoms with Crippen LogP contribution in [0.1, 0.15) is 0 Å². The smallest absolute Gasteiger partial charge is 0.264 e. The van der Waals surface area contributed by atoms with E-state index in [1.54, 1.807) is 0 Å². The number of anilines is 1. The number of nitrogens with one attached hydrogen (secondary N) is 1. The zero-order valence-electron chi connectivity index (χ0n) is 10.8. The van der Waals surface area contributed by atoms with Gasteiger partial charge in [0.25, 0.3) is 10.0 Å². The number of phenolic OH excluding ortho intramolecular Hbond substituents is 1. The summed E-state index contributed by atoms with van der Waals surface area (Å²) in [5, 5.41) is 9.69. The predicted octanol–water partition coefficient (Wildman–Crippen LogP) is 2.48. The summed E-state index contributed by atoms with van der Waals surface area (Å²) in [6.45, 7) is 0. The summed E-state index contributed by atoms with van der Waals surface area (Å²) >= 11 is 0. The van der Waals surface area contributed by atoms with E-state index >= 15 is 0 Å². The molecule has 0 amide bonds. The van der Waals surface area contributed by atoms with Crippen molar-refractivity contribution in [3.8, 4) is 11.5 Å². The van der Waals surface area contributed by atoms with Crippen LogP contribution in [0.2, 0.25) is 0 Å². The highest BCUT2D eigenvalue weighted by Crippen LogP contribution is 2.30. The fourth-order valence-corrected chi connectivity index (χ4v) is 2.75. The van der Waals surface area contributed by atoms with Crippen molar-refractivity contribution in [2.24, 2.45) is 0 Å². The van der Waals surface area contributed by atoms with Gasteiger partial charge in [-0.1, -0.05) is 0 Å². The minimum absolute atomic E-state index is 0.153. The number of halogens is 2. The first-order valence-corrected chi connectivity index (χ1v) is 7.16. The Bertz CT molecular complexity index is 778. The number of ether oxygens (including phenoxy) is 1. The Morgan fingerprint density at radius 2 is 1.86 bits per heavy atom. The van der Waals surface area contributed by atoms with E-state index in [4.69, 9.17) is 4.74 Å². The Morgan fingerprint density at radius 1 is 1.14 bits per heavy atom. The molecule has 0 fully saturated rings. The third kappa shape index (κ3) is 3.22. The van der Waals surface area contributed by atoms with E-state index in [0.717, 1.165) is 12.1 Å². The van der Waals surface area contributed by atoms with E-state index in [1.807, 2.05) is 4.72 Å². The molecule has 2 rings (SSSR count). The van der Waals surface area contributed by atoms with Crippen molar-refractivity contribution in [2.75, 3.05) is 11.8 Å². The van der Waals surface area contributed by atoms with E-state index in [1.165, 1.54) is 25.3 Å². The van der Waals surface area contributed by atoms with Gasteiger partial charge in [-0.3, -0.25) is 4.72 Å². The van der Waals surface area contributed by atoms with Gasteiger partial charge in [-0.2, -0.15) is 0 Å². The maximum atomic E-state index is 13.5. The topological polar surface area (TPSA) is 75.6 Å². The summed E-state index contributed by atoms with van der Waals surface area (Å²) < 4.78 is 57.3. The lowest BCUT2D eigenvalue weighted by Gasteiger charge is -2.11. The van der Waals surface area contributed by atoms with Crippen molar-refractivity contribution in [3.05, 3.63) is 48.0 Å². The summed E-state index contributed by atoms with van der Waals surface area (Å²) in [5.74, 6) is -2.18. The van der Waals surface area contributed by atoms with Crippen LogP contribution < -0.4 is 9.46 Å². The van der Waals surface area contributed by atoms with Gasteiger partial charge in [-0.05, 0) is 24.3 Å². The first-order chi connectivity index (χ1) is 9.83. The Morgan fingerprint density at radius 3 is 2.43 bits per heavy atom. The standard InChI is InChI=1S/C13H11F2NO4S/c1-20-9-3-4-11(12(17)7-9)16-21(18,19)13-5-2-8(14)6-10(13)15/h2-7,16-17H,1H3. The SMILES string of the molecule is COc1ccc(NS(=O)(=O)c2ccc(F)cc2F)c(O)c1. The maximum absolute atomic E-state index is 13.5. The number of rotatable bonds is 4. The lowest BCUT2D eigenvalue weighted by Crippen LogP contribution is -2.14. The molecule has 2 aromatic carbocycles. The second-order valence-corrected chi connectivity index (χ2v) is 5.71. The van der Waals surface area contributed by atoms with Crippen molar-refractivity contribution in [1.29, 1.82) is 0 Å². The third-order valence-electron chi connectivity index (χ3n) is 2.63. The van der Waals surface area contributed by atoms with Gasteiger partial charge in [0, 0.05) is 12.1 Å². The number of aromatic hydroxyl groups is 1. The van der Waals surface area contributed by atoms with E-state index in [0.29, 0.717) is 11.8 Å². The Labute approximate surface area is 119 Å². The first kappa shape index (κ1) is 15.0. The Kier molecular flexibility index (Phi) is 3.99. The van der Waals surface area contributed by atoms with Crippen molar-refractivity contribution in [2.45, 2.75) is 4.90 Å². The molecule has 0 bridgehead atoms. The number of hydrogen-bond donors (Lipinski definition) is 2. The molecule has 0 saturated heterocycles. The summed E-state index contributed by atoms with van der Waals surface area (Å²) in [4.78, 5) is -0.723. The summed E-state index contributed by atoms with van der Waals surface area (Å²) in [6, 6.07) is 5.95. The highest BCUT2D eigenvalue weighted by molar-refractivity contribution is 7.92. The Balaban J connectivity index is 2.37. The highest BCUT2D eigenvalue weighted by Gasteiger charge is 2.21. The molecular formula is C13H11F2NO4S. The number of hydrogen-bond acceptors (Lipinski definition) is 4. The average Bonchev–Trinajstić information content (AvgIpc) is 2.40. The van der Waals surface area contributed by atoms with Crippen LogP contribution in [0.4, 0.5) is 14.5 Å². The van der Waals surface area contributed by atoms with Gasteiger partial charge in [0.15, 0.2) is 0 Å². The van der Waals surface area contributed by atoms with Crippen LogP contribution in [0.25, 0.3) is 0 Å². The minimum atomic E-state index is -4.30. The summed E-state index contributed by atoms with van der Waals surface area (Å²) in [5.41, 5.74) is -0.153. The van der Waals surface area contributed by atoms with Crippen molar-refractivity contribution in [1.82, 2.24) is 0 Å². The summed E-state index contributed by atoms with van der Waals surface area (Å²) in [7, 11) is -2.91. The van der Waals surface area contributed by atoms with Gasteiger partial charge in [0.2, 0.25) is 0 Å². The third-order valence-corrected chi connectivity index (χ3v) is 4.03. The van der Waals surface area contributed by atoms with E-state index in [-0.39, 0.29) is 11.4 Å². The molecule has 8 heteroatoms. The number of phenols is 1. The van der Waals surface area contributed by atoms with Gasteiger partial charge in [0.05, 0.1) is 12.8 Å². The molecule has 0 spiro atoms. The van der Waals surface area contributed by atoms with Gasteiger partial charge < -0.3 is 9.84 Å². The molecule has 0 heterocycles. The van der Waals surface area contributed by atoms with Gasteiger partial charge in [0.1, 0.15) is 28.0 Å². The quantitative estimate of drug-likeness (QED) is 0.850. The fourth-order valence-electron chi connectivity index (χ4n) is 1.62. The first-order valence-electron chi connectivity index (χ1n) is 5.68. The number of methoxy groups -OCH3 is 1. The molecule has 2 aromatic rings. The van der Waals surface area contributed by atoms with E-state index in [2.05, 4.69) is 0 Å². The lowest BCUT2D eigenvalue weighted by molar-refractivity contribution is 0.408. The summed E-state index contributed by atoms with van der Waals surface area (Å²) in [6.07, 6.45) is 0. The largest absolute Gasteiger partial charge is 0.506 e. The van der Waals surface area contributed by atoms with Gasteiger partial charge >= 0.3 is 0 Å². The molecule has 21 heavy (non-hydrogen) atoms. The van der Waals surface area contributed by atoms with Crippen LogP contribution in [-0.2, 0) is 10.0 Å². The number of benzene rings is 2. The normalized spacial score (nSPS) is 11.2. The molecule has 0 aromatic heterocycles. The molecule has 0 unspecified atom stereocenters. The van der Waals surface area contributed by atoms with E-state index in [9.17, 15) is 22.3 Å². The molecule has 0 radical (unpaired) electrons. The molecular weight excluding hydrogens is 304 g/mol. The average molecular weight is 315 g/mol.